The van der Waals surface area contributed by atoms with E-state index in [9.17, 15) is 24.0 Å². The molecule has 2 aromatic carbocycles. The minimum Gasteiger partial charge on any atom is -0.444 e. The first-order valence-corrected chi connectivity index (χ1v) is 26.5. The summed E-state index contributed by atoms with van der Waals surface area (Å²) in [6.07, 6.45) is 10.2. The third-order valence-corrected chi connectivity index (χ3v) is 13.4. The van der Waals surface area contributed by atoms with Crippen LogP contribution in [0.3, 0.4) is 0 Å². The van der Waals surface area contributed by atoms with Crippen LogP contribution in [0.4, 0.5) is 58.8 Å². The van der Waals surface area contributed by atoms with Gasteiger partial charge in [0.2, 0.25) is 0 Å². The number of anilines is 8. The summed E-state index contributed by atoms with van der Waals surface area (Å²) in [7, 11) is 0. The van der Waals surface area contributed by atoms with E-state index in [1.807, 2.05) is 87.9 Å². The van der Waals surface area contributed by atoms with Crippen molar-refractivity contribution >= 4 is 121 Å². The van der Waals surface area contributed by atoms with Gasteiger partial charge < -0.3 is 46.0 Å². The Bertz CT molecular complexity index is 2810. The van der Waals surface area contributed by atoms with Crippen molar-refractivity contribution in [1.82, 2.24) is 30.2 Å². The smallest absolute Gasteiger partial charge is 0.410 e. The number of hydrogen-bond donors (Lipinski definition) is 7. The molecule has 2 aliphatic rings. The molecule has 4 aromatic heterocycles. The van der Waals surface area contributed by atoms with Gasteiger partial charge >= 0.3 is 18.2 Å². The predicted octanol–water partition coefficient (Wildman–Crippen LogP) is 8.78. The van der Waals surface area contributed by atoms with Gasteiger partial charge in [-0.1, -0.05) is 12.1 Å². The number of benzene rings is 2. The van der Waals surface area contributed by atoms with Gasteiger partial charge in [-0.05, 0) is 81.8 Å². The van der Waals surface area contributed by atoms with Gasteiger partial charge in [-0.2, -0.15) is 0 Å². The van der Waals surface area contributed by atoms with Gasteiger partial charge in [-0.25, -0.2) is 24.4 Å². The number of amides is 7. The van der Waals surface area contributed by atoms with Crippen LogP contribution in [-0.4, -0.2) is 125 Å². The highest BCUT2D eigenvalue weighted by atomic mass is 32.2. The molecule has 0 saturated carbocycles. The number of pyridine rings is 2. The fourth-order valence-corrected chi connectivity index (χ4v) is 9.33. The topological polar surface area (TPSA) is 240 Å². The number of carbonyl (C=O) groups excluding carboxylic acids is 5. The number of rotatable bonds is 12. The number of carbonyl (C=O) groups is 5. The summed E-state index contributed by atoms with van der Waals surface area (Å²) in [5.41, 5.74) is 4.07. The second-order valence-electron chi connectivity index (χ2n) is 16.6. The number of thioether (sulfide) groups is 2. The van der Waals surface area contributed by atoms with Crippen molar-refractivity contribution < 1.29 is 28.7 Å². The molecule has 24 heteroatoms. The van der Waals surface area contributed by atoms with E-state index in [0.717, 1.165) is 58.7 Å². The number of nitrogens with one attached hydrogen (secondary N) is 7. The Balaban J connectivity index is 0.000000213. The molecule has 6 heterocycles. The Morgan fingerprint density at radius 1 is 0.620 bits per heavy atom. The zero-order chi connectivity index (χ0) is 50.3. The van der Waals surface area contributed by atoms with Gasteiger partial charge in [0, 0.05) is 96.7 Å². The molecule has 0 atom stereocenters. The molecule has 0 aliphatic carbocycles. The summed E-state index contributed by atoms with van der Waals surface area (Å²) in [6, 6.07) is 17.9. The van der Waals surface area contributed by atoms with Gasteiger partial charge in [0.15, 0.2) is 10.3 Å². The van der Waals surface area contributed by atoms with Crippen LogP contribution in [-0.2, 0) is 4.74 Å². The molecule has 7 amide bonds. The molecule has 0 unspecified atom stereocenters. The third kappa shape index (κ3) is 15.3. The van der Waals surface area contributed by atoms with E-state index in [2.05, 4.69) is 67.0 Å². The Morgan fingerprint density at radius 3 is 1.54 bits per heavy atom. The van der Waals surface area contributed by atoms with Crippen molar-refractivity contribution in [1.29, 1.82) is 0 Å². The summed E-state index contributed by atoms with van der Waals surface area (Å²) < 4.78 is 5.47. The predicted molar refractivity (Wildman–Crippen MR) is 285 cm³/mol. The SMILES string of the molecule is CSc1cccc(NC(=O)Nc2nc(C(=O)Nc3cnccc3N3CCN(C(=O)OC(C)(C)C)CC3)cs2)c1.CSc1cccc(NC(=O)Nc2nc(C(=O)Nc3cnccc3N3CCNCC3)cs2)c1. The molecule has 0 radical (unpaired) electrons. The molecule has 71 heavy (non-hydrogen) atoms. The van der Waals surface area contributed by atoms with Crippen LogP contribution in [0.15, 0.2) is 106 Å². The molecule has 20 nitrogen and oxygen atoms in total. The van der Waals surface area contributed by atoms with Crippen molar-refractivity contribution in [2.75, 3.05) is 107 Å². The van der Waals surface area contributed by atoms with Crippen LogP contribution < -0.4 is 47.0 Å². The number of aromatic nitrogens is 4. The quantitative estimate of drug-likeness (QED) is 0.0567. The fraction of sp³-hybridized carbons (Fsp3) is 0.298. The number of nitrogens with zero attached hydrogens (tertiary/aromatic N) is 7. The van der Waals surface area contributed by atoms with E-state index in [-0.39, 0.29) is 23.4 Å². The zero-order valence-electron chi connectivity index (χ0n) is 39.6. The lowest BCUT2D eigenvalue weighted by atomic mass is 10.2. The lowest BCUT2D eigenvalue weighted by Crippen LogP contribution is -2.50. The summed E-state index contributed by atoms with van der Waals surface area (Å²) in [5, 5.41) is 23.8. The molecule has 8 rings (SSSR count). The first-order valence-electron chi connectivity index (χ1n) is 22.3. The highest BCUT2D eigenvalue weighted by Crippen LogP contribution is 2.29. The first-order chi connectivity index (χ1) is 34.2. The normalized spacial score (nSPS) is 13.5. The molecule has 372 valence electrons. The maximum absolute atomic E-state index is 13.0. The summed E-state index contributed by atoms with van der Waals surface area (Å²) in [5.74, 6) is -0.777. The van der Waals surface area contributed by atoms with Gasteiger partial charge in [-0.3, -0.25) is 30.2 Å². The number of urea groups is 2. The number of hydrogen-bond acceptors (Lipinski definition) is 17. The maximum Gasteiger partial charge on any atom is 0.410 e. The molecule has 2 fully saturated rings. The molecular weight excluding hydrogens is 985 g/mol. The lowest BCUT2D eigenvalue weighted by Gasteiger charge is -2.37. The molecule has 0 spiro atoms. The molecular formula is C47H54N14O6S4. The van der Waals surface area contributed by atoms with Crippen LogP contribution in [0.1, 0.15) is 41.7 Å². The van der Waals surface area contributed by atoms with Crippen molar-refractivity contribution in [3.05, 3.63) is 108 Å². The molecule has 2 aliphatic heterocycles. The highest BCUT2D eigenvalue weighted by molar-refractivity contribution is 7.98. The van der Waals surface area contributed by atoms with Crippen LogP contribution in [0.5, 0.6) is 0 Å². The minimum absolute atomic E-state index is 0.171. The van der Waals surface area contributed by atoms with Gasteiger partial charge in [-0.15, -0.1) is 46.2 Å². The second kappa shape index (κ2) is 24.7. The van der Waals surface area contributed by atoms with E-state index < -0.39 is 23.6 Å². The number of thiazole rings is 2. The Morgan fingerprint density at radius 2 is 1.08 bits per heavy atom. The molecule has 0 bridgehead atoms. The maximum atomic E-state index is 13.0. The Kier molecular flexibility index (Phi) is 18.0. The average molecular weight is 1040 g/mol. The summed E-state index contributed by atoms with van der Waals surface area (Å²) in [4.78, 5) is 87.7. The van der Waals surface area contributed by atoms with Crippen molar-refractivity contribution in [2.24, 2.45) is 0 Å². The van der Waals surface area contributed by atoms with E-state index >= 15 is 0 Å². The standard InChI is InChI=1S/C26H31N7O4S2.C21H23N7O2S2/c1-26(2,3)37-25(36)33-12-10-32(11-13-33)21-8-9-27-15-19(21)29-22(34)20-16-39-24(30-20)31-23(35)28-17-6-5-7-18(14-17)38-4;1-31-15-4-2-3-14(11-15)24-20(30)27-21-26-17(13-32-21)19(29)25-16-12-23-6-5-18(16)28-9-7-22-8-10-28/h5-9,14-16H,10-13H2,1-4H3,(H,29,34)(H2,28,30,31,35);2-6,11-13,22H,7-10H2,1H3,(H,25,29)(H2,24,26,27,30). The van der Waals surface area contributed by atoms with Gasteiger partial charge in [0.05, 0.1) is 35.1 Å². The van der Waals surface area contributed by atoms with Gasteiger partial charge in [0.25, 0.3) is 11.8 Å². The van der Waals surface area contributed by atoms with Crippen LogP contribution in [0.2, 0.25) is 0 Å². The second-order valence-corrected chi connectivity index (χ2v) is 20.1. The highest BCUT2D eigenvalue weighted by Gasteiger charge is 2.27. The molecule has 2 saturated heterocycles. The monoisotopic (exact) mass is 1040 g/mol. The average Bonchev–Trinajstić information content (AvgIpc) is 4.04. The van der Waals surface area contributed by atoms with E-state index in [1.165, 1.54) is 11.3 Å². The number of piperazine rings is 2. The molecule has 7 N–H and O–H groups in total. The van der Waals surface area contributed by atoms with Crippen molar-refractivity contribution in [2.45, 2.75) is 36.2 Å². The fourth-order valence-electron chi connectivity index (χ4n) is 7.04. The first kappa shape index (κ1) is 51.8. The van der Waals surface area contributed by atoms with Crippen LogP contribution >= 0.6 is 46.2 Å². The van der Waals surface area contributed by atoms with Crippen molar-refractivity contribution in [3.63, 3.8) is 0 Å². The van der Waals surface area contributed by atoms with E-state index in [1.54, 1.807) is 70.0 Å². The largest absolute Gasteiger partial charge is 0.444 e. The Hall–Kier alpha value is -6.99. The van der Waals surface area contributed by atoms with Gasteiger partial charge in [0.1, 0.15) is 17.0 Å². The van der Waals surface area contributed by atoms with Crippen molar-refractivity contribution in [3.8, 4) is 0 Å². The summed E-state index contributed by atoms with van der Waals surface area (Å²) >= 11 is 5.51. The summed E-state index contributed by atoms with van der Waals surface area (Å²) in [6.45, 7) is 11.2. The van der Waals surface area contributed by atoms with E-state index in [4.69, 9.17) is 4.74 Å². The molecule has 6 aromatic rings. The minimum atomic E-state index is -0.550. The number of ether oxygens (including phenoxy) is 1. The van der Waals surface area contributed by atoms with E-state index in [0.29, 0.717) is 59.2 Å². The zero-order valence-corrected chi connectivity index (χ0v) is 42.9. The van der Waals surface area contributed by atoms with Crippen LogP contribution in [0.25, 0.3) is 0 Å². The lowest BCUT2D eigenvalue weighted by molar-refractivity contribution is 0.0240. The Labute approximate surface area is 427 Å². The third-order valence-electron chi connectivity index (χ3n) is 10.4. The van der Waals surface area contributed by atoms with Crippen LogP contribution in [0, 0.1) is 0 Å².